The number of carbonyl (C=O) groups excluding carboxylic acids is 2. The highest BCUT2D eigenvalue weighted by atomic mass is 16.6. The van der Waals surface area contributed by atoms with E-state index >= 15 is 0 Å². The van der Waals surface area contributed by atoms with Gasteiger partial charge in [-0.2, -0.15) is 0 Å². The van der Waals surface area contributed by atoms with E-state index in [1.54, 1.807) is 24.3 Å². The summed E-state index contributed by atoms with van der Waals surface area (Å²) >= 11 is 0. The summed E-state index contributed by atoms with van der Waals surface area (Å²) in [6, 6.07) is 6.28. The van der Waals surface area contributed by atoms with Crippen LogP contribution in [0.2, 0.25) is 0 Å². The third-order valence-corrected chi connectivity index (χ3v) is 3.19. The number of benzene rings is 1. The Labute approximate surface area is 137 Å². The van der Waals surface area contributed by atoms with E-state index in [1.165, 1.54) is 0 Å². The molecule has 0 amide bonds. The van der Waals surface area contributed by atoms with Crippen molar-refractivity contribution in [3.8, 4) is 0 Å². The molecular weight excluding hydrogens is 296 g/mol. The number of hydrogen-bond acceptors (Lipinski definition) is 5. The molecule has 0 saturated heterocycles. The van der Waals surface area contributed by atoms with Crippen molar-refractivity contribution in [1.82, 2.24) is 0 Å². The van der Waals surface area contributed by atoms with Crippen molar-refractivity contribution < 1.29 is 23.8 Å². The molecule has 1 rings (SSSR count). The van der Waals surface area contributed by atoms with Crippen LogP contribution in [0.25, 0.3) is 0 Å². The lowest BCUT2D eigenvalue weighted by atomic mass is 10.1. The Kier molecular flexibility index (Phi) is 9.71. The predicted octanol–water partition coefficient (Wildman–Crippen LogP) is 3.62. The van der Waals surface area contributed by atoms with Gasteiger partial charge in [0.2, 0.25) is 0 Å². The summed E-state index contributed by atoms with van der Waals surface area (Å²) in [5.74, 6) is -0.794. The number of carbonyl (C=O) groups is 2. The van der Waals surface area contributed by atoms with Crippen molar-refractivity contribution in [2.24, 2.45) is 0 Å². The van der Waals surface area contributed by atoms with Gasteiger partial charge in [0, 0.05) is 6.61 Å². The van der Waals surface area contributed by atoms with E-state index in [-0.39, 0.29) is 12.6 Å². The van der Waals surface area contributed by atoms with Crippen LogP contribution in [-0.4, -0.2) is 38.4 Å². The molecule has 0 heterocycles. The molecule has 0 saturated carbocycles. The Morgan fingerprint density at radius 2 is 1.22 bits per heavy atom. The number of hydrogen-bond donors (Lipinski definition) is 0. The van der Waals surface area contributed by atoms with Crippen LogP contribution in [0.15, 0.2) is 24.3 Å². The monoisotopic (exact) mass is 322 g/mol. The molecule has 0 aliphatic carbocycles. The molecule has 0 atom stereocenters. The van der Waals surface area contributed by atoms with Crippen molar-refractivity contribution in [2.45, 2.75) is 39.5 Å². The molecule has 0 bridgehead atoms. The standard InChI is InChI=1S/C18H26O5/c1-3-5-11-21-13-14-23-18(20)16-9-7-15(8-10-16)17(19)22-12-6-4-2/h7-10H,3-6,11-14H2,1-2H3. The Balaban J connectivity index is 2.34. The summed E-state index contributed by atoms with van der Waals surface area (Å²) in [6.07, 6.45) is 3.90. The number of rotatable bonds is 11. The van der Waals surface area contributed by atoms with Gasteiger partial charge in [-0.25, -0.2) is 9.59 Å². The van der Waals surface area contributed by atoms with Crippen molar-refractivity contribution in [1.29, 1.82) is 0 Å². The first kappa shape index (κ1) is 19.2. The molecule has 0 fully saturated rings. The lowest BCUT2D eigenvalue weighted by molar-refractivity contribution is 0.0313. The van der Waals surface area contributed by atoms with E-state index in [9.17, 15) is 9.59 Å². The largest absolute Gasteiger partial charge is 0.462 e. The first-order chi connectivity index (χ1) is 11.2. The number of esters is 2. The van der Waals surface area contributed by atoms with Gasteiger partial charge in [-0.15, -0.1) is 0 Å². The van der Waals surface area contributed by atoms with E-state index in [1.807, 2.05) is 6.92 Å². The highest BCUT2D eigenvalue weighted by Crippen LogP contribution is 2.08. The zero-order chi connectivity index (χ0) is 16.9. The highest BCUT2D eigenvalue weighted by Gasteiger charge is 2.10. The molecule has 0 aliphatic rings. The molecule has 1 aromatic carbocycles. The van der Waals surface area contributed by atoms with Crippen LogP contribution in [0.5, 0.6) is 0 Å². The molecule has 128 valence electrons. The molecule has 0 unspecified atom stereocenters. The Morgan fingerprint density at radius 1 is 0.739 bits per heavy atom. The van der Waals surface area contributed by atoms with Crippen molar-refractivity contribution >= 4 is 11.9 Å². The van der Waals surface area contributed by atoms with E-state index in [0.717, 1.165) is 25.7 Å². The SMILES string of the molecule is CCCCOCCOC(=O)c1ccc(C(=O)OCCCC)cc1. The van der Waals surface area contributed by atoms with Crippen molar-refractivity contribution in [3.05, 3.63) is 35.4 Å². The average Bonchev–Trinajstić information content (AvgIpc) is 2.58. The third kappa shape index (κ3) is 7.79. The molecule has 0 N–H and O–H groups in total. The molecule has 0 radical (unpaired) electrons. The summed E-state index contributed by atoms with van der Waals surface area (Å²) in [5.41, 5.74) is 0.837. The second-order valence-corrected chi connectivity index (χ2v) is 5.17. The zero-order valence-electron chi connectivity index (χ0n) is 14.0. The fourth-order valence-electron chi connectivity index (χ4n) is 1.76. The van der Waals surface area contributed by atoms with Gasteiger partial charge in [0.15, 0.2) is 0 Å². The molecule has 23 heavy (non-hydrogen) atoms. The molecule has 5 nitrogen and oxygen atoms in total. The lowest BCUT2D eigenvalue weighted by Gasteiger charge is -2.07. The third-order valence-electron chi connectivity index (χ3n) is 3.19. The second kappa shape index (κ2) is 11.7. The molecule has 0 spiro atoms. The maximum Gasteiger partial charge on any atom is 0.338 e. The molecule has 0 aliphatic heterocycles. The summed E-state index contributed by atoms with van der Waals surface area (Å²) < 4.78 is 15.5. The van der Waals surface area contributed by atoms with Gasteiger partial charge in [0.05, 0.1) is 24.3 Å². The molecule has 1 aromatic rings. The summed E-state index contributed by atoms with van der Waals surface area (Å²) in [6.45, 7) is 5.84. The Hall–Kier alpha value is -1.88. The van der Waals surface area contributed by atoms with E-state index < -0.39 is 5.97 Å². The van der Waals surface area contributed by atoms with Crippen LogP contribution < -0.4 is 0 Å². The van der Waals surface area contributed by atoms with Crippen LogP contribution in [-0.2, 0) is 14.2 Å². The topological polar surface area (TPSA) is 61.8 Å². The first-order valence-corrected chi connectivity index (χ1v) is 8.21. The van der Waals surface area contributed by atoms with Gasteiger partial charge >= 0.3 is 11.9 Å². The van der Waals surface area contributed by atoms with Crippen molar-refractivity contribution in [3.63, 3.8) is 0 Å². The fourth-order valence-corrected chi connectivity index (χ4v) is 1.76. The zero-order valence-corrected chi connectivity index (χ0v) is 14.0. The highest BCUT2D eigenvalue weighted by molar-refractivity contribution is 5.93. The maximum atomic E-state index is 11.8. The van der Waals surface area contributed by atoms with E-state index in [0.29, 0.717) is 30.9 Å². The van der Waals surface area contributed by atoms with Gasteiger partial charge in [0.1, 0.15) is 6.61 Å². The lowest BCUT2D eigenvalue weighted by Crippen LogP contribution is -2.12. The fraction of sp³-hybridized carbons (Fsp3) is 0.556. The smallest absolute Gasteiger partial charge is 0.338 e. The minimum Gasteiger partial charge on any atom is -0.462 e. The van der Waals surface area contributed by atoms with Crippen molar-refractivity contribution in [2.75, 3.05) is 26.4 Å². The van der Waals surface area contributed by atoms with Crippen LogP contribution in [0.1, 0.15) is 60.2 Å². The van der Waals surface area contributed by atoms with Crippen LogP contribution in [0.3, 0.4) is 0 Å². The normalized spacial score (nSPS) is 10.3. The maximum absolute atomic E-state index is 11.8. The Bertz CT molecular complexity index is 467. The van der Waals surface area contributed by atoms with Gasteiger partial charge in [-0.1, -0.05) is 26.7 Å². The summed E-state index contributed by atoms with van der Waals surface area (Å²) in [7, 11) is 0. The van der Waals surface area contributed by atoms with Crippen LogP contribution in [0, 0.1) is 0 Å². The molecule has 5 heteroatoms. The quantitative estimate of drug-likeness (QED) is 0.460. The van der Waals surface area contributed by atoms with Crippen LogP contribution in [0.4, 0.5) is 0 Å². The van der Waals surface area contributed by atoms with E-state index in [2.05, 4.69) is 6.92 Å². The molecule has 0 aromatic heterocycles. The van der Waals surface area contributed by atoms with Gasteiger partial charge in [0.25, 0.3) is 0 Å². The van der Waals surface area contributed by atoms with Gasteiger partial charge in [-0.05, 0) is 37.1 Å². The summed E-state index contributed by atoms with van der Waals surface area (Å²) in [5, 5.41) is 0. The minimum absolute atomic E-state index is 0.226. The van der Waals surface area contributed by atoms with Gasteiger partial charge < -0.3 is 14.2 Å². The van der Waals surface area contributed by atoms with E-state index in [4.69, 9.17) is 14.2 Å². The Morgan fingerprint density at radius 3 is 1.74 bits per heavy atom. The predicted molar refractivity (Wildman–Crippen MR) is 87.6 cm³/mol. The first-order valence-electron chi connectivity index (χ1n) is 8.21. The second-order valence-electron chi connectivity index (χ2n) is 5.17. The molecular formula is C18H26O5. The average molecular weight is 322 g/mol. The summed E-state index contributed by atoms with van der Waals surface area (Å²) in [4.78, 5) is 23.6. The van der Waals surface area contributed by atoms with Gasteiger partial charge in [-0.3, -0.25) is 0 Å². The number of ether oxygens (including phenoxy) is 3. The minimum atomic E-state index is -0.421. The van der Waals surface area contributed by atoms with Crippen LogP contribution >= 0.6 is 0 Å². The number of unbranched alkanes of at least 4 members (excludes halogenated alkanes) is 2.